The van der Waals surface area contributed by atoms with Gasteiger partial charge in [-0.05, 0) is 123 Å². The van der Waals surface area contributed by atoms with Crippen molar-refractivity contribution in [1.29, 1.82) is 0 Å². The van der Waals surface area contributed by atoms with Crippen LogP contribution in [0.2, 0.25) is 0 Å². The fourth-order valence-electron chi connectivity index (χ4n) is 16.0. The molecule has 22 aromatic rings. The van der Waals surface area contributed by atoms with Gasteiger partial charge in [-0.1, -0.05) is 309 Å². The summed E-state index contributed by atoms with van der Waals surface area (Å²) in [6.45, 7) is 0. The second-order valence-electron chi connectivity index (χ2n) is 28.1. The van der Waals surface area contributed by atoms with E-state index >= 15 is 0 Å². The van der Waals surface area contributed by atoms with Crippen LogP contribution in [-0.2, 0) is 0 Å². The van der Waals surface area contributed by atoms with E-state index in [1.165, 1.54) is 106 Å². The lowest BCUT2D eigenvalue weighted by Crippen LogP contribution is -2.00. The second kappa shape index (κ2) is 28.0. The van der Waals surface area contributed by atoms with E-state index in [1.54, 1.807) is 0 Å². The molecule has 0 saturated heterocycles. The Bertz CT molecular complexity index is 7260. The van der Waals surface area contributed by atoms with E-state index in [1.807, 2.05) is 144 Å². The Labute approximate surface area is 653 Å². The summed E-state index contributed by atoms with van der Waals surface area (Å²) >= 11 is 3.75. The van der Waals surface area contributed by atoms with Crippen LogP contribution in [0.3, 0.4) is 0 Å². The van der Waals surface area contributed by atoms with E-state index in [4.69, 9.17) is 29.9 Å². The van der Waals surface area contributed by atoms with Gasteiger partial charge >= 0.3 is 0 Å². The lowest BCUT2D eigenvalue weighted by atomic mass is 10.0. The minimum atomic E-state index is 0.639. The Kier molecular flexibility index (Phi) is 16.4. The third-order valence-corrected chi connectivity index (χ3v) is 23.8. The van der Waals surface area contributed by atoms with Crippen molar-refractivity contribution in [3.8, 4) is 124 Å². The molecule has 0 aliphatic heterocycles. The van der Waals surface area contributed by atoms with Gasteiger partial charge in [-0.2, -0.15) is 0 Å². The molecular formula is C102H64N8S2. The van der Waals surface area contributed by atoms with Gasteiger partial charge in [0.25, 0.3) is 0 Å². The van der Waals surface area contributed by atoms with Crippen molar-refractivity contribution < 1.29 is 0 Å². The molecule has 0 aliphatic carbocycles. The molecule has 8 nitrogen and oxygen atoms in total. The number of fused-ring (bicyclic) bond motifs is 12. The predicted octanol–water partition coefficient (Wildman–Crippen LogP) is 27.3. The maximum absolute atomic E-state index is 4.99. The number of nitrogens with zero attached hydrogens (tertiary/aromatic N) is 8. The zero-order valence-electron chi connectivity index (χ0n) is 60.3. The van der Waals surface area contributed by atoms with E-state index in [2.05, 4.69) is 276 Å². The fourth-order valence-corrected chi connectivity index (χ4v) is 18.4. The highest BCUT2D eigenvalue weighted by molar-refractivity contribution is 7.26. The zero-order valence-corrected chi connectivity index (χ0v) is 62.0. The molecule has 16 aromatic carbocycles. The molecule has 0 atom stereocenters. The number of aromatic nitrogens is 8. The Morgan fingerprint density at radius 3 is 0.884 bits per heavy atom. The van der Waals surface area contributed by atoms with Gasteiger partial charge in [-0.3, -0.25) is 0 Å². The van der Waals surface area contributed by atoms with Crippen molar-refractivity contribution >= 4 is 107 Å². The Balaban J connectivity index is 0.000000141. The molecule has 0 fully saturated rings. The van der Waals surface area contributed by atoms with E-state index in [0.29, 0.717) is 34.9 Å². The SMILES string of the molecule is c1ccc(-c2nc(-c3ccccc3)nc(-c3ccc(-c4cccc(-n5c6ccccc6c6cc(-c7cccc8c7sc7ccccc78)ccc65)c4)cc3)n2)cc1.c1ccc(-c2nc(-c3ccccc3)nc(-c3cccc(-c4cccc(-n5c6ccccc6c6cc(-c7cccc8c7sc7ccccc78)ccc65)c4)c3)n2)cc1. The van der Waals surface area contributed by atoms with Crippen molar-refractivity contribution in [2.24, 2.45) is 0 Å². The molecule has 0 spiro atoms. The van der Waals surface area contributed by atoms with Gasteiger partial charge in [0.05, 0.1) is 22.1 Å². The summed E-state index contributed by atoms with van der Waals surface area (Å²) in [5.41, 5.74) is 22.1. The smallest absolute Gasteiger partial charge is 0.164 e. The molecule has 112 heavy (non-hydrogen) atoms. The highest BCUT2D eigenvalue weighted by atomic mass is 32.1. The van der Waals surface area contributed by atoms with E-state index < -0.39 is 0 Å². The largest absolute Gasteiger partial charge is 0.309 e. The summed E-state index contributed by atoms with van der Waals surface area (Å²) in [5.74, 6) is 3.89. The number of hydrogen-bond donors (Lipinski definition) is 0. The maximum Gasteiger partial charge on any atom is 0.164 e. The van der Waals surface area contributed by atoms with Crippen LogP contribution in [0, 0.1) is 0 Å². The van der Waals surface area contributed by atoms with Crippen LogP contribution >= 0.6 is 22.7 Å². The van der Waals surface area contributed by atoms with Crippen LogP contribution in [0.25, 0.3) is 208 Å². The molecule has 6 aromatic heterocycles. The summed E-state index contributed by atoms with van der Waals surface area (Å²) in [6, 6.07) is 137. The van der Waals surface area contributed by atoms with Crippen molar-refractivity contribution in [3.05, 3.63) is 388 Å². The van der Waals surface area contributed by atoms with Crippen molar-refractivity contribution in [2.45, 2.75) is 0 Å². The van der Waals surface area contributed by atoms with Gasteiger partial charge < -0.3 is 9.13 Å². The first kappa shape index (κ1) is 65.8. The van der Waals surface area contributed by atoms with Crippen LogP contribution in [0.15, 0.2) is 388 Å². The molecule has 0 aliphatic rings. The fraction of sp³-hybridized carbons (Fsp3) is 0. The van der Waals surface area contributed by atoms with Gasteiger partial charge in [0.2, 0.25) is 0 Å². The molecular weight excluding hydrogens is 1400 g/mol. The molecule has 0 saturated carbocycles. The average Bonchev–Trinajstić information content (AvgIpc) is 1.58. The topological polar surface area (TPSA) is 87.2 Å². The molecule has 10 heteroatoms. The van der Waals surface area contributed by atoms with E-state index in [0.717, 1.165) is 67.0 Å². The van der Waals surface area contributed by atoms with Gasteiger partial charge in [-0.15, -0.1) is 22.7 Å². The van der Waals surface area contributed by atoms with Crippen LogP contribution in [0.5, 0.6) is 0 Å². The molecule has 524 valence electrons. The quantitative estimate of drug-likeness (QED) is 0.121. The Morgan fingerprint density at radius 2 is 0.455 bits per heavy atom. The van der Waals surface area contributed by atoms with Crippen molar-refractivity contribution in [2.75, 3.05) is 0 Å². The zero-order chi connectivity index (χ0) is 74.0. The van der Waals surface area contributed by atoms with Gasteiger partial charge in [0.1, 0.15) is 0 Å². The minimum absolute atomic E-state index is 0.639. The van der Waals surface area contributed by atoms with Crippen LogP contribution in [0.4, 0.5) is 0 Å². The Hall–Kier alpha value is -14.4. The summed E-state index contributed by atoms with van der Waals surface area (Å²) in [4.78, 5) is 29.6. The highest BCUT2D eigenvalue weighted by Gasteiger charge is 2.21. The first-order valence-electron chi connectivity index (χ1n) is 37.5. The molecule has 0 unspecified atom stereocenters. The average molecular weight is 1470 g/mol. The predicted molar refractivity (Wildman–Crippen MR) is 468 cm³/mol. The number of hydrogen-bond acceptors (Lipinski definition) is 8. The van der Waals surface area contributed by atoms with E-state index in [-0.39, 0.29) is 0 Å². The van der Waals surface area contributed by atoms with Crippen LogP contribution in [-0.4, -0.2) is 39.0 Å². The van der Waals surface area contributed by atoms with Gasteiger partial charge in [0.15, 0.2) is 34.9 Å². The molecule has 0 N–H and O–H groups in total. The minimum Gasteiger partial charge on any atom is -0.309 e. The number of para-hydroxylation sites is 2. The van der Waals surface area contributed by atoms with Gasteiger partial charge in [0, 0.05) is 107 Å². The molecule has 0 bridgehead atoms. The molecule has 22 rings (SSSR count). The number of thiophene rings is 2. The lowest BCUT2D eigenvalue weighted by molar-refractivity contribution is 1.07. The van der Waals surface area contributed by atoms with E-state index in [9.17, 15) is 0 Å². The molecule has 0 radical (unpaired) electrons. The van der Waals surface area contributed by atoms with Crippen LogP contribution in [0.1, 0.15) is 0 Å². The molecule has 0 amide bonds. The third-order valence-electron chi connectivity index (χ3n) is 21.3. The standard InChI is InChI=1S/2C51H32N4S/c1-3-14-33(15-4-1)49-52-50(34-16-5-2-6-17-34)54-51(53-49)38-20-11-18-35(30-38)36-19-12-21-39(31-36)55-45-26-9-7-22-41(45)44-32-37(28-29-46(44)55)40-24-13-25-43-42-23-8-10-27-47(42)56-48(40)43;1-3-13-34(14-4-1)49-52-50(35-15-5-2-6-16-35)54-51(53-49)36-27-25-33(26-28-36)37-17-11-18-39(31-37)55-45-23-9-7-19-41(45)44-32-38(29-30-46(44)55)40-21-12-22-43-42-20-8-10-24-47(42)56-48(40)43/h2*1-32H. The van der Waals surface area contributed by atoms with Crippen LogP contribution < -0.4 is 0 Å². The normalized spacial score (nSPS) is 11.6. The summed E-state index contributed by atoms with van der Waals surface area (Å²) in [7, 11) is 0. The van der Waals surface area contributed by atoms with Crippen molar-refractivity contribution in [3.63, 3.8) is 0 Å². The van der Waals surface area contributed by atoms with Crippen molar-refractivity contribution in [1.82, 2.24) is 39.0 Å². The Morgan fingerprint density at radius 1 is 0.170 bits per heavy atom. The first-order chi connectivity index (χ1) is 55.5. The first-order valence-corrected chi connectivity index (χ1v) is 39.2. The summed E-state index contributed by atoms with van der Waals surface area (Å²) in [5, 5.41) is 10.2. The summed E-state index contributed by atoms with van der Waals surface area (Å²) < 4.78 is 10.1. The third kappa shape index (κ3) is 11.9. The number of benzene rings is 16. The lowest BCUT2D eigenvalue weighted by Gasteiger charge is -2.12. The second-order valence-corrected chi connectivity index (χ2v) is 30.2. The maximum atomic E-state index is 4.99. The monoisotopic (exact) mass is 1460 g/mol. The number of rotatable bonds is 12. The van der Waals surface area contributed by atoms with Gasteiger partial charge in [-0.25, -0.2) is 29.9 Å². The molecule has 6 heterocycles. The highest BCUT2D eigenvalue weighted by Crippen LogP contribution is 2.45. The summed E-state index contributed by atoms with van der Waals surface area (Å²) in [6.07, 6.45) is 0.